The molecular weight excluding hydrogens is 240 g/mol. The predicted molar refractivity (Wildman–Crippen MR) is 73.7 cm³/mol. The molecule has 0 spiro atoms. The van der Waals surface area contributed by atoms with E-state index in [1.165, 1.54) is 11.1 Å². The molecule has 0 aliphatic rings. The number of rotatable bonds is 7. The Labute approximate surface area is 113 Å². The van der Waals surface area contributed by atoms with Gasteiger partial charge in [0, 0.05) is 12.7 Å². The van der Waals surface area contributed by atoms with Crippen LogP contribution in [-0.4, -0.2) is 33.3 Å². The van der Waals surface area contributed by atoms with Crippen LogP contribution in [0.1, 0.15) is 16.8 Å². The van der Waals surface area contributed by atoms with Gasteiger partial charge in [-0.15, -0.1) is 5.10 Å². The Kier molecular flexibility index (Phi) is 5.06. The molecule has 102 valence electrons. The fraction of sp³-hybridized carbons (Fsp3) is 0.429. The van der Waals surface area contributed by atoms with Gasteiger partial charge in [0.05, 0.1) is 18.8 Å². The number of aliphatic hydroxyl groups excluding tert-OH is 1. The SMILES string of the molecule is Cc1ccccc1CCNCc1cn(CCO)nn1. The van der Waals surface area contributed by atoms with Crippen LogP contribution in [0.4, 0.5) is 0 Å². The third kappa shape index (κ3) is 4.15. The molecule has 1 heterocycles. The van der Waals surface area contributed by atoms with Crippen LogP contribution in [0.3, 0.4) is 0 Å². The van der Waals surface area contributed by atoms with Gasteiger partial charge in [-0.3, -0.25) is 0 Å². The fourth-order valence-electron chi connectivity index (χ4n) is 1.96. The highest BCUT2D eigenvalue weighted by Gasteiger charge is 2.00. The number of nitrogens with zero attached hydrogens (tertiary/aromatic N) is 3. The first-order valence-electron chi connectivity index (χ1n) is 6.54. The molecule has 0 saturated heterocycles. The van der Waals surface area contributed by atoms with Crippen LogP contribution >= 0.6 is 0 Å². The van der Waals surface area contributed by atoms with E-state index in [1.54, 1.807) is 4.68 Å². The third-order valence-corrected chi connectivity index (χ3v) is 3.05. The largest absolute Gasteiger partial charge is 0.394 e. The monoisotopic (exact) mass is 260 g/mol. The van der Waals surface area contributed by atoms with Crippen molar-refractivity contribution < 1.29 is 5.11 Å². The Hall–Kier alpha value is -1.72. The van der Waals surface area contributed by atoms with Gasteiger partial charge in [-0.25, -0.2) is 4.68 Å². The number of nitrogens with one attached hydrogen (secondary N) is 1. The van der Waals surface area contributed by atoms with Gasteiger partial charge < -0.3 is 10.4 Å². The molecule has 0 unspecified atom stereocenters. The Bertz CT molecular complexity index is 510. The summed E-state index contributed by atoms with van der Waals surface area (Å²) < 4.78 is 1.65. The Balaban J connectivity index is 1.73. The van der Waals surface area contributed by atoms with Crippen molar-refractivity contribution >= 4 is 0 Å². The normalized spacial score (nSPS) is 10.8. The second kappa shape index (κ2) is 7.01. The smallest absolute Gasteiger partial charge is 0.0964 e. The first-order valence-corrected chi connectivity index (χ1v) is 6.54. The van der Waals surface area contributed by atoms with E-state index in [2.05, 4.69) is 46.8 Å². The Morgan fingerprint density at radius 2 is 2.16 bits per heavy atom. The summed E-state index contributed by atoms with van der Waals surface area (Å²) >= 11 is 0. The van der Waals surface area contributed by atoms with Gasteiger partial charge >= 0.3 is 0 Å². The van der Waals surface area contributed by atoms with Gasteiger partial charge in [-0.2, -0.15) is 0 Å². The lowest BCUT2D eigenvalue weighted by molar-refractivity contribution is 0.268. The second-order valence-corrected chi connectivity index (χ2v) is 4.55. The van der Waals surface area contributed by atoms with Gasteiger partial charge in [-0.05, 0) is 31.0 Å². The van der Waals surface area contributed by atoms with Gasteiger partial charge in [0.25, 0.3) is 0 Å². The zero-order valence-electron chi connectivity index (χ0n) is 11.2. The molecule has 0 amide bonds. The van der Waals surface area contributed by atoms with Crippen LogP contribution in [0, 0.1) is 6.92 Å². The highest BCUT2D eigenvalue weighted by molar-refractivity contribution is 5.25. The molecule has 19 heavy (non-hydrogen) atoms. The van der Waals surface area contributed by atoms with Crippen molar-refractivity contribution in [3.63, 3.8) is 0 Å². The van der Waals surface area contributed by atoms with Crippen LogP contribution in [-0.2, 0) is 19.5 Å². The molecule has 0 bridgehead atoms. The lowest BCUT2D eigenvalue weighted by Gasteiger charge is -2.05. The molecule has 5 heteroatoms. The van der Waals surface area contributed by atoms with E-state index in [-0.39, 0.29) is 6.61 Å². The molecular formula is C14H20N4O. The maximum Gasteiger partial charge on any atom is 0.0964 e. The molecule has 0 aliphatic heterocycles. The van der Waals surface area contributed by atoms with E-state index in [1.807, 2.05) is 6.20 Å². The van der Waals surface area contributed by atoms with Crippen molar-refractivity contribution in [1.82, 2.24) is 20.3 Å². The van der Waals surface area contributed by atoms with E-state index in [0.717, 1.165) is 18.7 Å². The average Bonchev–Trinajstić information content (AvgIpc) is 2.85. The van der Waals surface area contributed by atoms with Gasteiger partial charge in [0.1, 0.15) is 0 Å². The van der Waals surface area contributed by atoms with Gasteiger partial charge in [0.2, 0.25) is 0 Å². The number of aromatic nitrogens is 3. The molecule has 2 N–H and O–H groups in total. The molecule has 0 saturated carbocycles. The van der Waals surface area contributed by atoms with Crippen LogP contribution in [0.5, 0.6) is 0 Å². The van der Waals surface area contributed by atoms with Crippen molar-refractivity contribution in [3.8, 4) is 0 Å². The van der Waals surface area contributed by atoms with Crippen LogP contribution in [0.2, 0.25) is 0 Å². The number of benzene rings is 1. The maximum atomic E-state index is 8.79. The Morgan fingerprint density at radius 3 is 2.95 bits per heavy atom. The highest BCUT2D eigenvalue weighted by Crippen LogP contribution is 2.06. The number of hydrogen-bond acceptors (Lipinski definition) is 4. The second-order valence-electron chi connectivity index (χ2n) is 4.55. The van der Waals surface area contributed by atoms with Crippen molar-refractivity contribution in [2.24, 2.45) is 0 Å². The van der Waals surface area contributed by atoms with E-state index in [9.17, 15) is 0 Å². The average molecular weight is 260 g/mol. The van der Waals surface area contributed by atoms with E-state index in [0.29, 0.717) is 13.1 Å². The number of hydrogen-bond donors (Lipinski definition) is 2. The highest BCUT2D eigenvalue weighted by atomic mass is 16.3. The lowest BCUT2D eigenvalue weighted by atomic mass is 10.1. The molecule has 5 nitrogen and oxygen atoms in total. The summed E-state index contributed by atoms with van der Waals surface area (Å²) in [6.07, 6.45) is 2.87. The van der Waals surface area contributed by atoms with E-state index in [4.69, 9.17) is 5.11 Å². The van der Waals surface area contributed by atoms with Gasteiger partial charge in [-0.1, -0.05) is 29.5 Å². The summed E-state index contributed by atoms with van der Waals surface area (Å²) in [5, 5.41) is 20.1. The first kappa shape index (κ1) is 13.7. The lowest BCUT2D eigenvalue weighted by Crippen LogP contribution is -2.17. The zero-order valence-corrected chi connectivity index (χ0v) is 11.2. The molecule has 0 fully saturated rings. The molecule has 0 radical (unpaired) electrons. The zero-order chi connectivity index (χ0) is 13.5. The first-order chi connectivity index (χ1) is 9.29. The molecule has 0 aliphatic carbocycles. The number of aliphatic hydroxyl groups is 1. The van der Waals surface area contributed by atoms with E-state index >= 15 is 0 Å². The predicted octanol–water partition coefficient (Wildman–Crippen LogP) is 0.911. The summed E-state index contributed by atoms with van der Waals surface area (Å²) in [5.74, 6) is 0. The molecule has 2 aromatic rings. The summed E-state index contributed by atoms with van der Waals surface area (Å²) in [6, 6.07) is 8.43. The Morgan fingerprint density at radius 1 is 1.32 bits per heavy atom. The third-order valence-electron chi connectivity index (χ3n) is 3.05. The van der Waals surface area contributed by atoms with Crippen LogP contribution in [0.25, 0.3) is 0 Å². The maximum absolute atomic E-state index is 8.79. The summed E-state index contributed by atoms with van der Waals surface area (Å²) in [5.41, 5.74) is 3.61. The van der Waals surface area contributed by atoms with Crippen molar-refractivity contribution in [3.05, 3.63) is 47.3 Å². The van der Waals surface area contributed by atoms with Crippen molar-refractivity contribution in [2.45, 2.75) is 26.4 Å². The minimum Gasteiger partial charge on any atom is -0.394 e. The molecule has 1 aromatic heterocycles. The van der Waals surface area contributed by atoms with E-state index < -0.39 is 0 Å². The quantitative estimate of drug-likeness (QED) is 0.726. The summed E-state index contributed by atoms with van der Waals surface area (Å²) in [6.45, 7) is 4.34. The molecule has 0 atom stereocenters. The standard InChI is InChI=1S/C14H20N4O/c1-12-4-2-3-5-13(12)6-7-15-10-14-11-18(8-9-19)17-16-14/h2-5,11,15,19H,6-10H2,1H3. The van der Waals surface area contributed by atoms with Gasteiger partial charge in [0.15, 0.2) is 0 Å². The van der Waals surface area contributed by atoms with Crippen LogP contribution < -0.4 is 5.32 Å². The van der Waals surface area contributed by atoms with Crippen molar-refractivity contribution in [1.29, 1.82) is 0 Å². The van der Waals surface area contributed by atoms with Crippen LogP contribution in [0.15, 0.2) is 30.5 Å². The minimum absolute atomic E-state index is 0.0868. The molecule has 2 rings (SSSR count). The summed E-state index contributed by atoms with van der Waals surface area (Å²) in [7, 11) is 0. The summed E-state index contributed by atoms with van der Waals surface area (Å²) in [4.78, 5) is 0. The fourth-order valence-corrected chi connectivity index (χ4v) is 1.96. The number of aryl methyl sites for hydroxylation is 1. The molecule has 1 aromatic carbocycles. The minimum atomic E-state index is 0.0868. The van der Waals surface area contributed by atoms with Crippen molar-refractivity contribution in [2.75, 3.05) is 13.2 Å². The topological polar surface area (TPSA) is 63.0 Å².